The quantitative estimate of drug-likeness (QED) is 0.843. The molecule has 0 atom stereocenters. The zero-order valence-electron chi connectivity index (χ0n) is 12.5. The van der Waals surface area contributed by atoms with Crippen LogP contribution in [0.15, 0.2) is 42.5 Å². The largest absolute Gasteiger partial charge is 0.491 e. The smallest absolute Gasteiger partial charge is 0.255 e. The summed E-state index contributed by atoms with van der Waals surface area (Å²) in [6.45, 7) is 5.85. The number of nitrogens with two attached hydrogens (primary N) is 1. The van der Waals surface area contributed by atoms with E-state index < -0.39 is 0 Å². The lowest BCUT2D eigenvalue weighted by atomic mass is 10.1. The summed E-state index contributed by atoms with van der Waals surface area (Å²) in [4.78, 5) is 12.2. The van der Waals surface area contributed by atoms with E-state index in [0.29, 0.717) is 16.9 Å². The molecule has 0 aliphatic carbocycles. The molecule has 0 aliphatic rings. The molecule has 0 fully saturated rings. The molecule has 3 N–H and O–H groups in total. The first-order valence-corrected chi connectivity index (χ1v) is 6.90. The van der Waals surface area contributed by atoms with Crippen LogP contribution in [0.5, 0.6) is 5.75 Å². The highest BCUT2D eigenvalue weighted by Crippen LogP contribution is 2.19. The van der Waals surface area contributed by atoms with Crippen molar-refractivity contribution in [3.8, 4) is 5.75 Å². The van der Waals surface area contributed by atoms with Crippen LogP contribution < -0.4 is 15.8 Å². The van der Waals surface area contributed by atoms with Gasteiger partial charge in [-0.3, -0.25) is 4.79 Å². The molecule has 0 bridgehead atoms. The Morgan fingerprint density at radius 1 is 1.14 bits per heavy atom. The molecule has 21 heavy (non-hydrogen) atoms. The molecule has 1 amide bonds. The van der Waals surface area contributed by atoms with E-state index in [-0.39, 0.29) is 12.0 Å². The second-order valence-electron chi connectivity index (χ2n) is 5.22. The molecule has 0 saturated carbocycles. The Balaban J connectivity index is 2.07. The first kappa shape index (κ1) is 14.9. The normalized spacial score (nSPS) is 10.5. The van der Waals surface area contributed by atoms with E-state index in [1.165, 1.54) is 0 Å². The van der Waals surface area contributed by atoms with Crippen LogP contribution in [0.3, 0.4) is 0 Å². The molecule has 4 nitrogen and oxygen atoms in total. The summed E-state index contributed by atoms with van der Waals surface area (Å²) in [5, 5.41) is 2.83. The SMILES string of the molecule is Cc1ccc(NC(=O)c2ccc(OC(C)C)cc2)cc1N. The molecular formula is C17H20N2O2. The van der Waals surface area contributed by atoms with Crippen molar-refractivity contribution in [3.63, 3.8) is 0 Å². The van der Waals surface area contributed by atoms with Crippen molar-refractivity contribution in [3.05, 3.63) is 53.6 Å². The first-order chi connectivity index (χ1) is 9.95. The van der Waals surface area contributed by atoms with Gasteiger partial charge in [-0.1, -0.05) is 6.07 Å². The number of benzene rings is 2. The fraction of sp³-hybridized carbons (Fsp3) is 0.235. The lowest BCUT2D eigenvalue weighted by Crippen LogP contribution is -2.12. The maximum atomic E-state index is 12.2. The minimum absolute atomic E-state index is 0.111. The predicted molar refractivity (Wildman–Crippen MR) is 85.8 cm³/mol. The molecule has 0 aliphatic heterocycles. The Bertz CT molecular complexity index is 634. The summed E-state index contributed by atoms with van der Waals surface area (Å²) in [6, 6.07) is 12.5. The van der Waals surface area contributed by atoms with Gasteiger partial charge in [0.15, 0.2) is 0 Å². The van der Waals surface area contributed by atoms with Crippen molar-refractivity contribution in [2.24, 2.45) is 0 Å². The van der Waals surface area contributed by atoms with Crippen molar-refractivity contribution in [2.75, 3.05) is 11.1 Å². The van der Waals surface area contributed by atoms with Gasteiger partial charge in [-0.15, -0.1) is 0 Å². The number of amides is 1. The number of hydrogen-bond acceptors (Lipinski definition) is 3. The third-order valence-corrected chi connectivity index (χ3v) is 3.03. The van der Waals surface area contributed by atoms with E-state index in [9.17, 15) is 4.79 Å². The van der Waals surface area contributed by atoms with Gasteiger partial charge in [-0.2, -0.15) is 0 Å². The van der Waals surface area contributed by atoms with E-state index in [1.54, 1.807) is 30.3 Å². The molecule has 2 rings (SSSR count). The van der Waals surface area contributed by atoms with Gasteiger partial charge in [0, 0.05) is 16.9 Å². The number of anilines is 2. The highest BCUT2D eigenvalue weighted by Gasteiger charge is 2.07. The van der Waals surface area contributed by atoms with Crippen LogP contribution in [0.25, 0.3) is 0 Å². The summed E-state index contributed by atoms with van der Waals surface area (Å²) in [7, 11) is 0. The third-order valence-electron chi connectivity index (χ3n) is 3.03. The van der Waals surface area contributed by atoms with Crippen LogP contribution in [0.1, 0.15) is 29.8 Å². The number of nitrogens with one attached hydrogen (secondary N) is 1. The van der Waals surface area contributed by atoms with Gasteiger partial charge in [0.2, 0.25) is 0 Å². The predicted octanol–water partition coefficient (Wildman–Crippen LogP) is 3.62. The molecule has 0 aromatic heterocycles. The second-order valence-corrected chi connectivity index (χ2v) is 5.22. The van der Waals surface area contributed by atoms with Crippen LogP contribution in [0.2, 0.25) is 0 Å². The van der Waals surface area contributed by atoms with Gasteiger partial charge >= 0.3 is 0 Å². The molecule has 0 radical (unpaired) electrons. The number of ether oxygens (including phenoxy) is 1. The van der Waals surface area contributed by atoms with Crippen LogP contribution in [-0.4, -0.2) is 12.0 Å². The molecule has 2 aromatic rings. The minimum atomic E-state index is -0.172. The molecule has 2 aromatic carbocycles. The maximum absolute atomic E-state index is 12.2. The van der Waals surface area contributed by atoms with Gasteiger partial charge in [0.05, 0.1) is 6.10 Å². The van der Waals surface area contributed by atoms with Gasteiger partial charge in [0.1, 0.15) is 5.75 Å². The van der Waals surface area contributed by atoms with Crippen molar-refractivity contribution in [1.82, 2.24) is 0 Å². The minimum Gasteiger partial charge on any atom is -0.491 e. The molecule has 0 unspecified atom stereocenters. The van der Waals surface area contributed by atoms with Crippen molar-refractivity contribution in [2.45, 2.75) is 26.9 Å². The van der Waals surface area contributed by atoms with E-state index in [1.807, 2.05) is 32.9 Å². The molecular weight excluding hydrogens is 264 g/mol. The van der Waals surface area contributed by atoms with Gasteiger partial charge in [-0.05, 0) is 62.7 Å². The number of hydrogen-bond donors (Lipinski definition) is 2. The van der Waals surface area contributed by atoms with Crippen LogP contribution in [0.4, 0.5) is 11.4 Å². The third kappa shape index (κ3) is 3.99. The van der Waals surface area contributed by atoms with E-state index >= 15 is 0 Å². The Labute approximate surface area is 124 Å². The number of carbonyl (C=O) groups is 1. The van der Waals surface area contributed by atoms with E-state index in [4.69, 9.17) is 10.5 Å². The number of carbonyl (C=O) groups excluding carboxylic acids is 1. The molecule has 0 saturated heterocycles. The first-order valence-electron chi connectivity index (χ1n) is 6.90. The molecule has 110 valence electrons. The second kappa shape index (κ2) is 6.31. The van der Waals surface area contributed by atoms with Gasteiger partial charge < -0.3 is 15.8 Å². The van der Waals surface area contributed by atoms with Crippen molar-refractivity contribution in [1.29, 1.82) is 0 Å². The van der Waals surface area contributed by atoms with E-state index in [2.05, 4.69) is 5.32 Å². The lowest BCUT2D eigenvalue weighted by molar-refractivity contribution is 0.102. The maximum Gasteiger partial charge on any atom is 0.255 e. The summed E-state index contributed by atoms with van der Waals surface area (Å²) in [5.41, 5.74) is 8.74. The number of nitrogen functional groups attached to an aromatic ring is 1. The van der Waals surface area contributed by atoms with Crippen molar-refractivity contribution >= 4 is 17.3 Å². The summed E-state index contributed by atoms with van der Waals surface area (Å²) >= 11 is 0. The Morgan fingerprint density at radius 2 is 1.81 bits per heavy atom. The zero-order valence-corrected chi connectivity index (χ0v) is 12.5. The summed E-state index contributed by atoms with van der Waals surface area (Å²) < 4.78 is 5.55. The van der Waals surface area contributed by atoms with E-state index in [0.717, 1.165) is 11.3 Å². The summed E-state index contributed by atoms with van der Waals surface area (Å²) in [5.74, 6) is 0.579. The molecule has 0 heterocycles. The standard InChI is InChI=1S/C17H20N2O2/c1-11(2)21-15-8-5-13(6-9-15)17(20)19-14-7-4-12(3)16(18)10-14/h4-11H,18H2,1-3H3,(H,19,20). The fourth-order valence-electron chi connectivity index (χ4n) is 1.88. The average molecular weight is 284 g/mol. The van der Waals surface area contributed by atoms with Crippen LogP contribution in [0, 0.1) is 6.92 Å². The average Bonchev–Trinajstić information content (AvgIpc) is 2.43. The zero-order chi connectivity index (χ0) is 15.4. The number of aryl methyl sites for hydroxylation is 1. The highest BCUT2D eigenvalue weighted by atomic mass is 16.5. The summed E-state index contributed by atoms with van der Waals surface area (Å²) in [6.07, 6.45) is 0.111. The van der Waals surface area contributed by atoms with Crippen molar-refractivity contribution < 1.29 is 9.53 Å². The highest BCUT2D eigenvalue weighted by molar-refractivity contribution is 6.04. The van der Waals surface area contributed by atoms with Crippen LogP contribution in [-0.2, 0) is 0 Å². The Kier molecular flexibility index (Phi) is 4.48. The lowest BCUT2D eigenvalue weighted by Gasteiger charge is -2.10. The molecule has 0 spiro atoms. The van der Waals surface area contributed by atoms with Gasteiger partial charge in [-0.25, -0.2) is 0 Å². The monoisotopic (exact) mass is 284 g/mol. The molecule has 4 heteroatoms. The Morgan fingerprint density at radius 3 is 2.38 bits per heavy atom. The number of rotatable bonds is 4. The van der Waals surface area contributed by atoms with Crippen LogP contribution >= 0.6 is 0 Å². The fourth-order valence-corrected chi connectivity index (χ4v) is 1.88. The topological polar surface area (TPSA) is 64.3 Å². The Hall–Kier alpha value is -2.49. The van der Waals surface area contributed by atoms with Gasteiger partial charge in [0.25, 0.3) is 5.91 Å².